The van der Waals surface area contributed by atoms with Gasteiger partial charge in [-0.15, -0.1) is 22.0 Å². The van der Waals surface area contributed by atoms with Gasteiger partial charge in [-0.3, -0.25) is 19.8 Å². The van der Waals surface area contributed by atoms with Gasteiger partial charge in [0.15, 0.2) is 11.5 Å². The Morgan fingerprint density at radius 2 is 1.61 bits per heavy atom. The Morgan fingerprint density at radius 1 is 0.843 bits per heavy atom. The van der Waals surface area contributed by atoms with Crippen LogP contribution in [0.15, 0.2) is 140 Å². The fourth-order valence-electron chi connectivity index (χ4n) is 6.11. The zero-order chi connectivity index (χ0) is 35.2. The van der Waals surface area contributed by atoms with Crippen LogP contribution in [0.25, 0.3) is 17.0 Å². The molecular weight excluding hydrogens is 681 g/mol. The molecule has 1 unspecified atom stereocenters. The predicted molar refractivity (Wildman–Crippen MR) is 198 cm³/mol. The van der Waals surface area contributed by atoms with Gasteiger partial charge in [-0.2, -0.15) is 5.01 Å². The molecule has 0 saturated carbocycles. The summed E-state index contributed by atoms with van der Waals surface area (Å²) in [6.45, 7) is 4.11. The first-order valence-electron chi connectivity index (χ1n) is 16.2. The average molecular weight is 711 g/mol. The first-order chi connectivity index (χ1) is 24.7. The lowest BCUT2D eigenvalue weighted by atomic mass is 10.0. The highest BCUT2D eigenvalue weighted by Gasteiger charge is 2.40. The number of hydrogen-bond donors (Lipinski definition) is 4. The van der Waals surface area contributed by atoms with E-state index in [0.29, 0.717) is 28.2 Å². The first kappa shape index (κ1) is 32.4. The summed E-state index contributed by atoms with van der Waals surface area (Å²) in [6, 6.07) is 22.1. The molecule has 0 fully saturated rings. The Bertz CT molecular complexity index is 2360. The van der Waals surface area contributed by atoms with Crippen LogP contribution in [0.3, 0.4) is 0 Å². The molecule has 2 amide bonds. The predicted octanol–water partition coefficient (Wildman–Crippen LogP) is 9.67. The third kappa shape index (κ3) is 6.02. The maximum absolute atomic E-state index is 14.0. The second-order valence-electron chi connectivity index (χ2n) is 12.3. The van der Waals surface area contributed by atoms with Crippen molar-refractivity contribution in [2.45, 2.75) is 40.2 Å². The van der Waals surface area contributed by atoms with Crippen molar-refractivity contribution >= 4 is 58.4 Å². The molecule has 0 bridgehead atoms. The van der Waals surface area contributed by atoms with Crippen molar-refractivity contribution in [3.63, 3.8) is 0 Å². The molecule has 3 aromatic carbocycles. The maximum Gasteiger partial charge on any atom is 0.282 e. The largest absolute Gasteiger partial charge is 0.505 e. The number of Topliss-reactive ketones (excluding diaryl/α,β-unsaturated/α-hetero) is 1. The molecule has 51 heavy (non-hydrogen) atoms. The molecule has 0 spiro atoms. The number of rotatable bonds is 9. The third-order valence-corrected chi connectivity index (χ3v) is 11.2. The number of H-pyrrole nitrogens is 2. The van der Waals surface area contributed by atoms with Crippen LogP contribution >= 0.6 is 23.5 Å². The smallest absolute Gasteiger partial charge is 0.282 e. The molecule has 12 heteroatoms. The molecule has 1 atom stereocenters. The molecule has 1 aliphatic heterocycles. The quantitative estimate of drug-likeness (QED) is 0.0881. The first-order valence-corrected chi connectivity index (χ1v) is 17.9. The van der Waals surface area contributed by atoms with Crippen LogP contribution < -0.4 is 5.43 Å². The number of allylic oxidation sites excluding steroid dienone is 4. The molecule has 4 N–H and O–H groups in total. The van der Waals surface area contributed by atoms with Crippen LogP contribution in [0.2, 0.25) is 0 Å². The number of aliphatic hydroxyl groups is 1. The van der Waals surface area contributed by atoms with E-state index in [1.54, 1.807) is 72.3 Å². The number of aromatic amines is 2. The minimum absolute atomic E-state index is 0.0262. The molecule has 3 aliphatic rings. The zero-order valence-electron chi connectivity index (χ0n) is 27.4. The van der Waals surface area contributed by atoms with E-state index in [1.807, 2.05) is 19.1 Å². The Balaban J connectivity index is 1.18. The van der Waals surface area contributed by atoms with Crippen molar-refractivity contribution < 1.29 is 19.5 Å². The summed E-state index contributed by atoms with van der Waals surface area (Å²) in [5, 5.41) is 21.3. The van der Waals surface area contributed by atoms with E-state index in [0.717, 1.165) is 31.7 Å². The number of ketones is 1. The number of carbonyl (C=O) groups is 3. The van der Waals surface area contributed by atoms with Gasteiger partial charge in [-0.05, 0) is 80.9 Å². The summed E-state index contributed by atoms with van der Waals surface area (Å²) in [6.07, 6.45) is 10.7. The summed E-state index contributed by atoms with van der Waals surface area (Å²) in [5.74, 6) is -1.53. The lowest BCUT2D eigenvalue weighted by Crippen LogP contribution is -2.35. The highest BCUT2D eigenvalue weighted by atomic mass is 32.2. The molecule has 10 nitrogen and oxygen atoms in total. The van der Waals surface area contributed by atoms with Gasteiger partial charge in [0.1, 0.15) is 11.5 Å². The van der Waals surface area contributed by atoms with Gasteiger partial charge in [-0.25, -0.2) is 0 Å². The van der Waals surface area contributed by atoms with Crippen LogP contribution in [0.1, 0.15) is 55.5 Å². The number of nitrogens with one attached hydrogen (secondary N) is 3. The van der Waals surface area contributed by atoms with Gasteiger partial charge in [-0.1, -0.05) is 53.3 Å². The number of aliphatic hydroxyl groups excluding tert-OH is 1. The van der Waals surface area contributed by atoms with E-state index in [4.69, 9.17) is 0 Å². The van der Waals surface area contributed by atoms with Crippen LogP contribution in [-0.4, -0.2) is 42.9 Å². The van der Waals surface area contributed by atoms with Gasteiger partial charge >= 0.3 is 0 Å². The topological polar surface area (TPSA) is 143 Å². The fraction of sp³-hybridized carbons (Fsp3) is 0.103. The number of amides is 2. The lowest BCUT2D eigenvalue weighted by molar-refractivity contribution is 0.0690. The van der Waals surface area contributed by atoms with Gasteiger partial charge in [0, 0.05) is 54.7 Å². The highest BCUT2D eigenvalue weighted by Crippen LogP contribution is 2.45. The minimum Gasteiger partial charge on any atom is -0.505 e. The van der Waals surface area contributed by atoms with Gasteiger partial charge in [0.25, 0.3) is 11.8 Å². The molecule has 2 aliphatic carbocycles. The van der Waals surface area contributed by atoms with Crippen molar-refractivity contribution in [3.05, 3.63) is 143 Å². The Morgan fingerprint density at radius 3 is 2.33 bits per heavy atom. The van der Waals surface area contributed by atoms with Crippen LogP contribution in [0.4, 0.5) is 11.5 Å². The van der Waals surface area contributed by atoms with Crippen LogP contribution in [-0.2, 0) is 0 Å². The number of aryl methyl sites for hydroxylation is 1. The Labute approximate surface area is 301 Å². The molecule has 2 aromatic heterocycles. The van der Waals surface area contributed by atoms with Crippen LogP contribution in [0, 0.1) is 6.92 Å². The van der Waals surface area contributed by atoms with E-state index in [1.165, 1.54) is 5.57 Å². The monoisotopic (exact) mass is 710 g/mol. The fourth-order valence-corrected chi connectivity index (χ4v) is 8.28. The van der Waals surface area contributed by atoms with Crippen LogP contribution in [0.5, 0.6) is 0 Å². The SMILES string of the molecule is CC1=CCC(Sc2cc3c(cc2Sc2ccc(C)cc2)C(O)=C(N=Nc2c(-c4ccc[nH]4)ccc4c2C(=O)N(Nc2ccc[nH]2)C4=O)C3=O)C=C1. The molecule has 3 heterocycles. The van der Waals surface area contributed by atoms with Gasteiger partial charge in [0.2, 0.25) is 5.78 Å². The lowest BCUT2D eigenvalue weighted by Gasteiger charge is -2.18. The van der Waals surface area contributed by atoms with Crippen molar-refractivity contribution in [1.82, 2.24) is 15.0 Å². The van der Waals surface area contributed by atoms with E-state index >= 15 is 0 Å². The highest BCUT2D eigenvalue weighted by molar-refractivity contribution is 8.02. The number of thioether (sulfide) groups is 1. The van der Waals surface area contributed by atoms with Crippen molar-refractivity contribution in [2.24, 2.45) is 10.2 Å². The Hall–Kier alpha value is -5.85. The number of carbonyl (C=O) groups excluding carboxylic acids is 3. The summed E-state index contributed by atoms with van der Waals surface area (Å²) in [7, 11) is 0. The molecule has 252 valence electrons. The molecule has 0 radical (unpaired) electrons. The number of nitrogens with zero attached hydrogens (tertiary/aromatic N) is 3. The van der Waals surface area contributed by atoms with Crippen molar-refractivity contribution in [2.75, 3.05) is 5.43 Å². The number of fused-ring (bicyclic) bond motifs is 2. The van der Waals surface area contributed by atoms with Gasteiger partial charge < -0.3 is 15.1 Å². The molecule has 5 aromatic rings. The molecule has 8 rings (SSSR count). The zero-order valence-corrected chi connectivity index (χ0v) is 29.1. The summed E-state index contributed by atoms with van der Waals surface area (Å²) < 4.78 is 0. The number of aromatic nitrogens is 2. The summed E-state index contributed by atoms with van der Waals surface area (Å²) in [4.78, 5) is 50.0. The Kier molecular flexibility index (Phi) is 8.33. The van der Waals surface area contributed by atoms with Gasteiger partial charge in [0.05, 0.1) is 11.1 Å². The second-order valence-corrected chi connectivity index (χ2v) is 14.7. The summed E-state index contributed by atoms with van der Waals surface area (Å²) in [5.41, 5.74) is 6.98. The minimum atomic E-state index is -0.632. The normalized spacial score (nSPS) is 16.7. The third-order valence-electron chi connectivity index (χ3n) is 8.79. The van der Waals surface area contributed by atoms with E-state index < -0.39 is 17.6 Å². The molecule has 0 saturated heterocycles. The number of imide groups is 1. The average Bonchev–Trinajstić information content (AvgIpc) is 3.94. The van der Waals surface area contributed by atoms with Crippen molar-refractivity contribution in [1.29, 1.82) is 0 Å². The number of hydrogen-bond acceptors (Lipinski definition) is 9. The van der Waals surface area contributed by atoms with E-state index in [-0.39, 0.29) is 33.5 Å². The standard InChI is InChI=1S/C39H30N6O4S2/c1-21-7-11-23(12-8-21)50-30-19-27-28(20-31(30)51-24-13-9-22(2)10-14-24)37(47)35(36(27)46)43-42-34-25(29-5-3-17-40-29)15-16-26-33(34)39(49)45(38(26)48)44-32-6-4-18-41-32/h3-13,15-20,24,40-41,44,46H,14H2,1-2H3. The van der Waals surface area contributed by atoms with E-state index in [9.17, 15) is 19.5 Å². The van der Waals surface area contributed by atoms with Crippen molar-refractivity contribution in [3.8, 4) is 11.3 Å². The second kappa shape index (κ2) is 13.1. The number of anilines is 1. The summed E-state index contributed by atoms with van der Waals surface area (Å²) >= 11 is 3.23. The number of azo groups is 1. The van der Waals surface area contributed by atoms with E-state index in [2.05, 4.69) is 75.0 Å². The number of benzene rings is 3. The number of hydrazine groups is 1. The molecular formula is C39H30N6O4S2. The maximum atomic E-state index is 14.0.